The molecule has 4 aromatic rings. The number of nitrogens with zero attached hydrogens (tertiary/aromatic N) is 3. The smallest absolute Gasteiger partial charge is 0.311 e. The number of anilines is 2. The summed E-state index contributed by atoms with van der Waals surface area (Å²) in [4.78, 5) is 19.6. The molecule has 0 aliphatic rings. The zero-order chi connectivity index (χ0) is 20.9. The Bertz CT molecular complexity index is 1200. The van der Waals surface area contributed by atoms with E-state index in [1.54, 1.807) is 24.4 Å². The molecule has 30 heavy (non-hydrogen) atoms. The topological polar surface area (TPSA) is 90.2 Å². The number of nitrogens with one attached hydrogen (secondary N) is 1. The zero-order valence-corrected chi connectivity index (χ0v) is 16.1. The number of benzene rings is 3. The van der Waals surface area contributed by atoms with Crippen molar-refractivity contribution in [3.63, 3.8) is 0 Å². The number of methoxy groups -OCH3 is 1. The highest BCUT2D eigenvalue weighted by molar-refractivity contribution is 5.71. The molecule has 0 radical (unpaired) electrons. The predicted octanol–water partition coefficient (Wildman–Crippen LogP) is 5.47. The van der Waals surface area contributed by atoms with E-state index in [0.29, 0.717) is 17.2 Å². The molecule has 3 aromatic carbocycles. The first-order valence-corrected chi connectivity index (χ1v) is 9.22. The van der Waals surface area contributed by atoms with Gasteiger partial charge in [-0.25, -0.2) is 9.97 Å². The molecule has 0 aliphatic heterocycles. The summed E-state index contributed by atoms with van der Waals surface area (Å²) >= 11 is 0. The lowest BCUT2D eigenvalue weighted by atomic mass is 10.1. The molecular weight excluding hydrogens is 380 g/mol. The molecule has 0 fully saturated rings. The van der Waals surface area contributed by atoms with Crippen LogP contribution < -0.4 is 10.1 Å². The summed E-state index contributed by atoms with van der Waals surface area (Å²) in [5, 5.41) is 14.5. The van der Waals surface area contributed by atoms with Gasteiger partial charge in [-0.1, -0.05) is 42.5 Å². The summed E-state index contributed by atoms with van der Waals surface area (Å²) in [6.45, 7) is 0. The van der Waals surface area contributed by atoms with Crippen molar-refractivity contribution < 1.29 is 9.66 Å². The van der Waals surface area contributed by atoms with E-state index in [1.807, 2.05) is 54.6 Å². The van der Waals surface area contributed by atoms with Crippen LogP contribution in [0.1, 0.15) is 0 Å². The van der Waals surface area contributed by atoms with Crippen LogP contribution in [0.5, 0.6) is 5.75 Å². The normalized spacial score (nSPS) is 10.4. The number of hydrogen-bond acceptors (Lipinski definition) is 6. The molecule has 0 amide bonds. The number of ether oxygens (including phenoxy) is 1. The van der Waals surface area contributed by atoms with Gasteiger partial charge in [0, 0.05) is 23.5 Å². The monoisotopic (exact) mass is 398 g/mol. The first-order valence-electron chi connectivity index (χ1n) is 9.22. The Kier molecular flexibility index (Phi) is 5.34. The highest BCUT2D eigenvalue weighted by Crippen LogP contribution is 2.32. The molecule has 1 N–H and O–H groups in total. The van der Waals surface area contributed by atoms with E-state index < -0.39 is 4.92 Å². The fourth-order valence-electron chi connectivity index (χ4n) is 3.11. The number of hydrogen-bond donors (Lipinski definition) is 1. The van der Waals surface area contributed by atoms with E-state index >= 15 is 0 Å². The standard InChI is InChI=1S/C23H18N4O3/c1-30-22-11-10-18(15-21(22)27(28)29)20-12-13-24-23(26-20)25-19-9-5-8-17(14-19)16-6-3-2-4-7-16/h2-15H,1H3,(H,24,25,26). The molecule has 0 bridgehead atoms. The van der Waals surface area contributed by atoms with Crippen LogP contribution in [0.2, 0.25) is 0 Å². The van der Waals surface area contributed by atoms with Gasteiger partial charge in [-0.3, -0.25) is 10.1 Å². The lowest BCUT2D eigenvalue weighted by Gasteiger charge is -2.09. The Balaban J connectivity index is 1.62. The summed E-state index contributed by atoms with van der Waals surface area (Å²) < 4.78 is 5.06. The summed E-state index contributed by atoms with van der Waals surface area (Å²) in [5.41, 5.74) is 4.08. The molecule has 0 aliphatic carbocycles. The van der Waals surface area contributed by atoms with Crippen molar-refractivity contribution in [2.45, 2.75) is 0 Å². The number of rotatable bonds is 6. The molecule has 1 aromatic heterocycles. The van der Waals surface area contributed by atoms with Gasteiger partial charge in [0.1, 0.15) is 0 Å². The van der Waals surface area contributed by atoms with Crippen LogP contribution in [-0.4, -0.2) is 22.0 Å². The van der Waals surface area contributed by atoms with Crippen molar-refractivity contribution in [3.8, 4) is 28.1 Å². The van der Waals surface area contributed by atoms with Crippen LogP contribution in [-0.2, 0) is 0 Å². The zero-order valence-electron chi connectivity index (χ0n) is 16.1. The summed E-state index contributed by atoms with van der Waals surface area (Å²) in [6, 6.07) is 24.5. The molecule has 148 valence electrons. The fourth-order valence-corrected chi connectivity index (χ4v) is 3.11. The van der Waals surface area contributed by atoms with Crippen molar-refractivity contribution >= 4 is 17.3 Å². The minimum atomic E-state index is -0.474. The maximum absolute atomic E-state index is 11.3. The summed E-state index contributed by atoms with van der Waals surface area (Å²) in [5.74, 6) is 0.602. The van der Waals surface area contributed by atoms with Gasteiger partial charge in [-0.15, -0.1) is 0 Å². The highest BCUT2D eigenvalue weighted by atomic mass is 16.6. The third kappa shape index (κ3) is 4.10. The van der Waals surface area contributed by atoms with E-state index in [2.05, 4.69) is 15.3 Å². The molecule has 7 nitrogen and oxygen atoms in total. The fraction of sp³-hybridized carbons (Fsp3) is 0.0435. The molecular formula is C23H18N4O3. The van der Waals surface area contributed by atoms with Gasteiger partial charge in [0.15, 0.2) is 5.75 Å². The van der Waals surface area contributed by atoms with Gasteiger partial charge in [-0.05, 0) is 41.5 Å². The molecule has 7 heteroatoms. The Labute approximate surface area is 173 Å². The van der Waals surface area contributed by atoms with E-state index in [1.165, 1.54) is 13.2 Å². The lowest BCUT2D eigenvalue weighted by Crippen LogP contribution is -1.99. The molecule has 1 heterocycles. The van der Waals surface area contributed by atoms with Crippen LogP contribution in [0.25, 0.3) is 22.4 Å². The second kappa shape index (κ2) is 8.40. The van der Waals surface area contributed by atoms with Gasteiger partial charge in [0.25, 0.3) is 0 Å². The maximum atomic E-state index is 11.3. The quantitative estimate of drug-likeness (QED) is 0.342. The van der Waals surface area contributed by atoms with E-state index in [-0.39, 0.29) is 11.4 Å². The Morgan fingerprint density at radius 1 is 0.900 bits per heavy atom. The van der Waals surface area contributed by atoms with Gasteiger partial charge in [0.2, 0.25) is 5.95 Å². The first kappa shape index (κ1) is 19.1. The molecule has 0 spiro atoms. The predicted molar refractivity (Wildman–Crippen MR) is 116 cm³/mol. The molecule has 0 unspecified atom stereocenters. The van der Waals surface area contributed by atoms with Crippen molar-refractivity contribution in [3.05, 3.63) is 95.2 Å². The van der Waals surface area contributed by atoms with E-state index in [9.17, 15) is 10.1 Å². The molecule has 0 saturated carbocycles. The van der Waals surface area contributed by atoms with Crippen LogP contribution >= 0.6 is 0 Å². The van der Waals surface area contributed by atoms with Crippen molar-refractivity contribution in [1.29, 1.82) is 0 Å². The second-order valence-corrected chi connectivity index (χ2v) is 6.48. The van der Waals surface area contributed by atoms with Crippen LogP contribution in [0.15, 0.2) is 85.1 Å². The van der Waals surface area contributed by atoms with Crippen LogP contribution in [0.4, 0.5) is 17.3 Å². The highest BCUT2D eigenvalue weighted by Gasteiger charge is 2.16. The third-order valence-corrected chi connectivity index (χ3v) is 4.55. The number of nitro benzene ring substituents is 1. The van der Waals surface area contributed by atoms with Gasteiger partial charge in [-0.2, -0.15) is 0 Å². The molecule has 4 rings (SSSR count). The van der Waals surface area contributed by atoms with Gasteiger partial charge >= 0.3 is 5.69 Å². The number of nitro groups is 1. The van der Waals surface area contributed by atoms with Crippen LogP contribution in [0, 0.1) is 10.1 Å². The van der Waals surface area contributed by atoms with E-state index in [4.69, 9.17) is 4.74 Å². The Morgan fingerprint density at radius 2 is 1.70 bits per heavy atom. The summed E-state index contributed by atoms with van der Waals surface area (Å²) in [6.07, 6.45) is 1.61. The van der Waals surface area contributed by atoms with Crippen molar-refractivity contribution in [1.82, 2.24) is 9.97 Å². The van der Waals surface area contributed by atoms with Crippen molar-refractivity contribution in [2.24, 2.45) is 0 Å². The average molecular weight is 398 g/mol. The van der Waals surface area contributed by atoms with Crippen LogP contribution in [0.3, 0.4) is 0 Å². The minimum absolute atomic E-state index is 0.112. The first-order chi connectivity index (χ1) is 14.6. The number of aromatic nitrogens is 2. The van der Waals surface area contributed by atoms with Gasteiger partial charge < -0.3 is 10.1 Å². The van der Waals surface area contributed by atoms with Crippen molar-refractivity contribution in [2.75, 3.05) is 12.4 Å². The average Bonchev–Trinajstić information content (AvgIpc) is 2.79. The molecule has 0 atom stereocenters. The summed E-state index contributed by atoms with van der Waals surface area (Å²) in [7, 11) is 1.40. The minimum Gasteiger partial charge on any atom is -0.490 e. The Hall–Kier alpha value is -4.26. The third-order valence-electron chi connectivity index (χ3n) is 4.55. The SMILES string of the molecule is COc1ccc(-c2ccnc(Nc3cccc(-c4ccccc4)c3)n2)cc1[N+](=O)[O-]. The van der Waals surface area contributed by atoms with Gasteiger partial charge in [0.05, 0.1) is 17.7 Å². The molecule has 0 saturated heterocycles. The Morgan fingerprint density at radius 3 is 2.47 bits per heavy atom. The lowest BCUT2D eigenvalue weighted by molar-refractivity contribution is -0.385. The largest absolute Gasteiger partial charge is 0.490 e. The maximum Gasteiger partial charge on any atom is 0.311 e. The van der Waals surface area contributed by atoms with E-state index in [0.717, 1.165) is 16.8 Å². The second-order valence-electron chi connectivity index (χ2n) is 6.48.